The lowest BCUT2D eigenvalue weighted by Gasteiger charge is -2.48. The fourth-order valence-corrected chi connectivity index (χ4v) is 7.45. The molecular weight excluding hydrogens is 548 g/mol. The van der Waals surface area contributed by atoms with Crippen LogP contribution in [0.5, 0.6) is 0 Å². The maximum atomic E-state index is 14.1. The van der Waals surface area contributed by atoms with E-state index in [1.54, 1.807) is 19.3 Å². The third-order valence-corrected chi connectivity index (χ3v) is 10.3. The molecule has 12 atom stereocenters. The number of rotatable bonds is 3. The van der Waals surface area contributed by atoms with Gasteiger partial charge in [-0.05, 0) is 49.0 Å². The number of carbonyl (C=O) groups is 1. The molecule has 0 radical (unpaired) electrons. The van der Waals surface area contributed by atoms with E-state index in [9.17, 15) is 15.0 Å². The van der Waals surface area contributed by atoms with E-state index in [4.69, 9.17) is 23.7 Å². The van der Waals surface area contributed by atoms with Gasteiger partial charge in [0, 0.05) is 31.8 Å². The van der Waals surface area contributed by atoms with Gasteiger partial charge in [0.2, 0.25) is 0 Å². The van der Waals surface area contributed by atoms with Crippen molar-refractivity contribution in [1.29, 1.82) is 0 Å². The zero-order chi connectivity index (χ0) is 31.1. The van der Waals surface area contributed by atoms with Crippen LogP contribution in [0, 0.1) is 23.7 Å². The van der Waals surface area contributed by atoms with Gasteiger partial charge in [-0.25, -0.2) is 0 Å². The molecule has 5 aliphatic rings. The Labute approximate surface area is 256 Å². The molecule has 0 amide bonds. The summed E-state index contributed by atoms with van der Waals surface area (Å²) in [6.07, 6.45) is 13.0. The second kappa shape index (κ2) is 12.7. The number of aliphatic hydroxyl groups is 2. The molecule has 0 saturated carbocycles. The first kappa shape index (κ1) is 32.3. The first-order valence-electron chi connectivity index (χ1n) is 16.0. The number of hydrogen-bond acceptors (Lipinski definition) is 8. The lowest BCUT2D eigenvalue weighted by atomic mass is 9.70. The third kappa shape index (κ3) is 6.11. The normalized spacial score (nSPS) is 47.4. The van der Waals surface area contributed by atoms with E-state index >= 15 is 0 Å². The summed E-state index contributed by atoms with van der Waals surface area (Å²) < 4.78 is 31.5. The number of methoxy groups -OCH3 is 1. The highest BCUT2D eigenvalue weighted by molar-refractivity contribution is 5.78. The SMILES string of the molecule is CCC(C)[C@H]1O[C@]2(C=C[C@@H]1C)C[C@@H]1C[C@@H](C/C=C(\C)[C@@H](O)[C@@H](C)/C=C/C=C3\CO[C@@H]4[C@H](OC)C(C)=C[C@@H](C(=O)O1)[C@]34O)O2. The highest BCUT2D eigenvalue weighted by Gasteiger charge is 2.60. The largest absolute Gasteiger partial charge is 0.462 e. The zero-order valence-corrected chi connectivity index (χ0v) is 26.7. The molecule has 0 aromatic carbocycles. The molecule has 0 aromatic heterocycles. The predicted octanol–water partition coefficient (Wildman–Crippen LogP) is 4.96. The lowest BCUT2D eigenvalue weighted by molar-refractivity contribution is -0.300. The summed E-state index contributed by atoms with van der Waals surface area (Å²) in [6.45, 7) is 12.4. The number of esters is 1. The van der Waals surface area contributed by atoms with Gasteiger partial charge in [0.15, 0.2) is 5.79 Å². The number of hydrogen-bond donors (Lipinski definition) is 2. The van der Waals surface area contributed by atoms with Crippen molar-refractivity contribution in [3.8, 4) is 0 Å². The number of ether oxygens (including phenoxy) is 5. The van der Waals surface area contributed by atoms with Crippen LogP contribution in [0.2, 0.25) is 0 Å². The molecular formula is C35H50O8. The molecule has 43 heavy (non-hydrogen) atoms. The van der Waals surface area contributed by atoms with Crippen LogP contribution in [0.4, 0.5) is 0 Å². The van der Waals surface area contributed by atoms with Crippen molar-refractivity contribution in [3.63, 3.8) is 0 Å². The Bertz CT molecular complexity index is 1200. The predicted molar refractivity (Wildman–Crippen MR) is 163 cm³/mol. The van der Waals surface area contributed by atoms with E-state index in [1.165, 1.54) is 0 Å². The zero-order valence-electron chi connectivity index (χ0n) is 26.7. The minimum absolute atomic E-state index is 0.0330. The second-order valence-electron chi connectivity index (χ2n) is 13.4. The molecule has 4 heterocycles. The Kier molecular flexibility index (Phi) is 9.58. The van der Waals surface area contributed by atoms with Crippen molar-refractivity contribution in [1.82, 2.24) is 0 Å². The van der Waals surface area contributed by atoms with Crippen LogP contribution in [0.25, 0.3) is 0 Å². The van der Waals surface area contributed by atoms with Gasteiger partial charge in [0.25, 0.3) is 0 Å². The molecule has 4 aliphatic heterocycles. The molecule has 5 rings (SSSR count). The highest BCUT2D eigenvalue weighted by Crippen LogP contribution is 2.47. The molecule has 1 unspecified atom stereocenters. The summed E-state index contributed by atoms with van der Waals surface area (Å²) in [5.74, 6) is -2.14. The van der Waals surface area contributed by atoms with Gasteiger partial charge >= 0.3 is 5.97 Å². The van der Waals surface area contributed by atoms with Gasteiger partial charge in [-0.3, -0.25) is 4.79 Å². The average molecular weight is 599 g/mol. The average Bonchev–Trinajstić information content (AvgIpc) is 3.31. The molecule has 8 heteroatoms. The number of fused-ring (bicyclic) bond motifs is 2. The molecule has 238 valence electrons. The number of allylic oxidation sites excluding steroid dienone is 2. The topological polar surface area (TPSA) is 104 Å². The molecule has 8 nitrogen and oxygen atoms in total. The van der Waals surface area contributed by atoms with Crippen LogP contribution < -0.4 is 0 Å². The van der Waals surface area contributed by atoms with E-state index in [0.717, 1.165) is 17.6 Å². The fraction of sp³-hybridized carbons (Fsp3) is 0.686. The lowest BCUT2D eigenvalue weighted by Crippen LogP contribution is -2.58. The summed E-state index contributed by atoms with van der Waals surface area (Å²) in [5, 5.41) is 23.4. The quantitative estimate of drug-likeness (QED) is 0.347. The van der Waals surface area contributed by atoms with Crippen molar-refractivity contribution in [2.75, 3.05) is 13.7 Å². The molecule has 2 bridgehead atoms. The van der Waals surface area contributed by atoms with Crippen LogP contribution in [-0.2, 0) is 28.5 Å². The Hall–Kier alpha value is -2.07. The van der Waals surface area contributed by atoms with Crippen molar-refractivity contribution in [2.24, 2.45) is 23.7 Å². The second-order valence-corrected chi connectivity index (χ2v) is 13.4. The van der Waals surface area contributed by atoms with Crippen LogP contribution >= 0.6 is 0 Å². The van der Waals surface area contributed by atoms with Crippen molar-refractivity contribution < 1.29 is 38.7 Å². The summed E-state index contributed by atoms with van der Waals surface area (Å²) in [4.78, 5) is 14.1. The van der Waals surface area contributed by atoms with E-state index in [0.29, 0.717) is 30.8 Å². The third-order valence-electron chi connectivity index (χ3n) is 10.3. The summed E-state index contributed by atoms with van der Waals surface area (Å²) in [6, 6.07) is 0. The Morgan fingerprint density at radius 2 is 1.88 bits per heavy atom. The minimum atomic E-state index is -1.64. The van der Waals surface area contributed by atoms with Crippen LogP contribution in [0.3, 0.4) is 0 Å². The van der Waals surface area contributed by atoms with E-state index in [-0.39, 0.29) is 30.7 Å². The summed E-state index contributed by atoms with van der Waals surface area (Å²) in [7, 11) is 1.58. The number of aliphatic hydroxyl groups excluding tert-OH is 1. The van der Waals surface area contributed by atoms with Crippen LogP contribution in [0.15, 0.2) is 59.3 Å². The maximum absolute atomic E-state index is 14.1. The minimum Gasteiger partial charge on any atom is -0.462 e. The van der Waals surface area contributed by atoms with Gasteiger partial charge < -0.3 is 33.9 Å². The fourth-order valence-electron chi connectivity index (χ4n) is 7.45. The molecule has 1 aliphatic carbocycles. The van der Waals surface area contributed by atoms with Gasteiger partial charge in [-0.15, -0.1) is 0 Å². The Balaban J connectivity index is 1.55. The van der Waals surface area contributed by atoms with Gasteiger partial charge in [0.05, 0.1) is 24.9 Å². The van der Waals surface area contributed by atoms with E-state index in [1.807, 2.05) is 45.1 Å². The van der Waals surface area contributed by atoms with Crippen LogP contribution in [-0.4, -0.2) is 77.9 Å². The van der Waals surface area contributed by atoms with E-state index in [2.05, 4.69) is 26.8 Å². The van der Waals surface area contributed by atoms with Gasteiger partial charge in [0.1, 0.15) is 29.8 Å². The van der Waals surface area contributed by atoms with E-state index < -0.39 is 47.7 Å². The van der Waals surface area contributed by atoms with Crippen molar-refractivity contribution in [2.45, 2.75) is 115 Å². The monoisotopic (exact) mass is 598 g/mol. The Morgan fingerprint density at radius 3 is 2.60 bits per heavy atom. The summed E-state index contributed by atoms with van der Waals surface area (Å²) in [5.41, 5.74) is 0.594. The first-order valence-corrected chi connectivity index (χ1v) is 16.0. The molecule has 0 aromatic rings. The molecule has 2 saturated heterocycles. The standard InChI is InChI=1S/C35H50O8/c1-8-20(2)30-23(5)14-15-34(43-30)18-27-17-26(42-34)13-12-22(4)29(36)21(3)10-9-11-25-19-40-32-31(39-7)24(6)16-28(33(37)41-27)35(25,32)38/h9-12,14-16,20-21,23,26-32,36,38H,8,13,17-19H2,1-7H3/b10-9+,22-12+,25-11+/t20?,21-,23-,26+,27-,28-,29-,30+,31+,32+,34+,35+/m0/s1. The smallest absolute Gasteiger partial charge is 0.316 e. The first-order chi connectivity index (χ1) is 20.4. The van der Waals surface area contributed by atoms with Crippen molar-refractivity contribution in [3.05, 3.63) is 59.3 Å². The molecule has 1 spiro atoms. The number of carbonyl (C=O) groups excluding carboxylic acids is 1. The van der Waals surface area contributed by atoms with Crippen LogP contribution in [0.1, 0.15) is 67.2 Å². The Morgan fingerprint density at radius 1 is 1.12 bits per heavy atom. The maximum Gasteiger partial charge on any atom is 0.316 e. The van der Waals surface area contributed by atoms with Gasteiger partial charge in [-0.1, -0.05) is 70.6 Å². The molecule has 2 fully saturated rings. The molecule has 2 N–H and O–H groups in total. The van der Waals surface area contributed by atoms with Gasteiger partial charge in [-0.2, -0.15) is 0 Å². The highest BCUT2D eigenvalue weighted by atomic mass is 16.7. The summed E-state index contributed by atoms with van der Waals surface area (Å²) >= 11 is 0. The van der Waals surface area contributed by atoms with Crippen molar-refractivity contribution >= 4 is 5.97 Å².